The van der Waals surface area contributed by atoms with Gasteiger partial charge in [-0.15, -0.1) is 0 Å². The van der Waals surface area contributed by atoms with Crippen molar-refractivity contribution in [3.63, 3.8) is 0 Å². The summed E-state index contributed by atoms with van der Waals surface area (Å²) >= 11 is 1.89. The van der Waals surface area contributed by atoms with Gasteiger partial charge in [-0.1, -0.05) is 6.92 Å². The van der Waals surface area contributed by atoms with Crippen LogP contribution in [0, 0.1) is 0 Å². The Bertz CT molecular complexity index is 243. The average molecular weight is 274 g/mol. The normalized spacial score (nSPS) is 18.7. The summed E-state index contributed by atoms with van der Waals surface area (Å²) in [5, 5.41) is 3.70. The van der Waals surface area contributed by atoms with Crippen molar-refractivity contribution in [3.8, 4) is 0 Å². The number of piperidine rings is 1. The van der Waals surface area contributed by atoms with Crippen LogP contribution in [0.25, 0.3) is 0 Å². The van der Waals surface area contributed by atoms with Crippen molar-refractivity contribution >= 4 is 17.9 Å². The first-order valence-corrected chi connectivity index (χ1v) is 8.27. The molecule has 4 nitrogen and oxygen atoms in total. The topological polar surface area (TPSA) is 41.6 Å². The Balaban J connectivity index is 2.28. The molecule has 0 radical (unpaired) electrons. The van der Waals surface area contributed by atoms with Crippen molar-refractivity contribution < 1.29 is 9.53 Å². The van der Waals surface area contributed by atoms with Gasteiger partial charge in [0.15, 0.2) is 0 Å². The van der Waals surface area contributed by atoms with Gasteiger partial charge in [0.1, 0.15) is 0 Å². The number of nitrogens with one attached hydrogen (secondary N) is 1. The summed E-state index contributed by atoms with van der Waals surface area (Å²) in [5.41, 5.74) is 0. The van der Waals surface area contributed by atoms with Crippen LogP contribution in [0.5, 0.6) is 0 Å². The minimum absolute atomic E-state index is 0.160. The molecule has 0 aliphatic carbocycles. The van der Waals surface area contributed by atoms with E-state index in [1.54, 1.807) is 0 Å². The Morgan fingerprint density at radius 1 is 1.44 bits per heavy atom. The highest BCUT2D eigenvalue weighted by molar-refractivity contribution is 7.98. The molecule has 1 saturated heterocycles. The minimum atomic E-state index is -0.160. The van der Waals surface area contributed by atoms with Gasteiger partial charge in [-0.2, -0.15) is 11.8 Å². The van der Waals surface area contributed by atoms with Crippen molar-refractivity contribution in [1.82, 2.24) is 10.2 Å². The Hall–Kier alpha value is -0.420. The van der Waals surface area contributed by atoms with Crippen LogP contribution in [-0.2, 0) is 4.74 Å². The zero-order valence-corrected chi connectivity index (χ0v) is 12.6. The van der Waals surface area contributed by atoms with Gasteiger partial charge in [-0.05, 0) is 32.4 Å². The molecule has 106 valence electrons. The van der Waals surface area contributed by atoms with Crippen LogP contribution in [0.4, 0.5) is 4.79 Å². The second-order valence-electron chi connectivity index (χ2n) is 4.69. The first kappa shape index (κ1) is 15.6. The zero-order chi connectivity index (χ0) is 13.4. The molecule has 5 heteroatoms. The minimum Gasteiger partial charge on any atom is -0.450 e. The van der Waals surface area contributed by atoms with Gasteiger partial charge in [0.2, 0.25) is 0 Å². The van der Waals surface area contributed by atoms with Gasteiger partial charge >= 0.3 is 6.09 Å². The predicted molar refractivity (Wildman–Crippen MR) is 77.2 cm³/mol. The SMILES string of the molecule is CCOC(=O)N1CCC(NC(CC)CSC)CC1. The lowest BCUT2D eigenvalue weighted by Gasteiger charge is -2.33. The maximum absolute atomic E-state index is 11.6. The van der Waals surface area contributed by atoms with E-state index in [1.807, 2.05) is 23.6 Å². The quantitative estimate of drug-likeness (QED) is 0.807. The Kier molecular flexibility index (Phi) is 7.51. The van der Waals surface area contributed by atoms with Crippen molar-refractivity contribution in [2.24, 2.45) is 0 Å². The molecule has 0 saturated carbocycles. The van der Waals surface area contributed by atoms with E-state index in [4.69, 9.17) is 4.74 Å². The summed E-state index contributed by atoms with van der Waals surface area (Å²) < 4.78 is 5.02. The molecule has 1 unspecified atom stereocenters. The molecule has 0 aromatic heterocycles. The van der Waals surface area contributed by atoms with Crippen LogP contribution in [0.1, 0.15) is 33.1 Å². The number of thioether (sulfide) groups is 1. The number of carbonyl (C=O) groups is 1. The maximum Gasteiger partial charge on any atom is 0.409 e. The van der Waals surface area contributed by atoms with Gasteiger partial charge in [0, 0.05) is 30.9 Å². The van der Waals surface area contributed by atoms with Crippen molar-refractivity contribution in [2.75, 3.05) is 31.7 Å². The molecule has 0 bridgehead atoms. The van der Waals surface area contributed by atoms with E-state index < -0.39 is 0 Å². The fraction of sp³-hybridized carbons (Fsp3) is 0.923. The highest BCUT2D eigenvalue weighted by Crippen LogP contribution is 2.13. The molecular weight excluding hydrogens is 248 g/mol. The number of hydrogen-bond donors (Lipinski definition) is 1. The molecule has 1 atom stereocenters. The zero-order valence-electron chi connectivity index (χ0n) is 11.8. The summed E-state index contributed by atoms with van der Waals surface area (Å²) in [6.07, 6.45) is 5.21. The van der Waals surface area contributed by atoms with Crippen molar-refractivity contribution in [2.45, 2.75) is 45.2 Å². The molecule has 0 aromatic carbocycles. The molecule has 0 aromatic rings. The van der Waals surface area contributed by atoms with Gasteiger partial charge in [0.25, 0.3) is 0 Å². The van der Waals surface area contributed by atoms with Crippen LogP contribution >= 0.6 is 11.8 Å². The maximum atomic E-state index is 11.6. The van der Waals surface area contributed by atoms with E-state index in [0.717, 1.165) is 31.7 Å². The summed E-state index contributed by atoms with van der Waals surface area (Å²) in [4.78, 5) is 13.4. The van der Waals surface area contributed by atoms with Crippen LogP contribution in [0.15, 0.2) is 0 Å². The highest BCUT2D eigenvalue weighted by Gasteiger charge is 2.24. The second kappa shape index (κ2) is 8.64. The monoisotopic (exact) mass is 274 g/mol. The standard InChI is InChI=1S/C13H26N2O2S/c1-4-11(10-18-3)14-12-6-8-15(9-7-12)13(16)17-5-2/h11-12,14H,4-10H2,1-3H3. The fourth-order valence-corrected chi connectivity index (χ4v) is 3.00. The molecule has 1 aliphatic heterocycles. The van der Waals surface area contributed by atoms with E-state index in [2.05, 4.69) is 18.5 Å². The van der Waals surface area contributed by atoms with Crippen molar-refractivity contribution in [3.05, 3.63) is 0 Å². The van der Waals surface area contributed by atoms with E-state index in [0.29, 0.717) is 18.7 Å². The Morgan fingerprint density at radius 2 is 2.11 bits per heavy atom. The number of likely N-dealkylation sites (tertiary alicyclic amines) is 1. The third-order valence-corrected chi connectivity index (χ3v) is 4.09. The first-order valence-electron chi connectivity index (χ1n) is 6.87. The number of amides is 1. The molecule has 0 spiro atoms. The number of ether oxygens (including phenoxy) is 1. The molecular formula is C13H26N2O2S. The molecule has 1 N–H and O–H groups in total. The average Bonchev–Trinajstić information content (AvgIpc) is 2.39. The van der Waals surface area contributed by atoms with Gasteiger partial charge in [0.05, 0.1) is 6.61 Å². The Morgan fingerprint density at radius 3 is 2.61 bits per heavy atom. The van der Waals surface area contributed by atoms with Crippen LogP contribution in [0.3, 0.4) is 0 Å². The van der Waals surface area contributed by atoms with Gasteiger partial charge in [-0.25, -0.2) is 4.79 Å². The van der Waals surface area contributed by atoms with E-state index in [1.165, 1.54) is 6.42 Å². The highest BCUT2D eigenvalue weighted by atomic mass is 32.2. The summed E-state index contributed by atoms with van der Waals surface area (Å²) in [5.74, 6) is 1.16. The third kappa shape index (κ3) is 5.06. The Labute approximate surface area is 115 Å². The van der Waals surface area contributed by atoms with Gasteiger partial charge < -0.3 is 15.0 Å². The number of nitrogens with zero attached hydrogens (tertiary/aromatic N) is 1. The van der Waals surface area contributed by atoms with Crippen LogP contribution < -0.4 is 5.32 Å². The fourth-order valence-electron chi connectivity index (χ4n) is 2.26. The molecule has 1 fully saturated rings. The molecule has 1 aliphatic rings. The molecule has 1 heterocycles. The lowest BCUT2D eigenvalue weighted by atomic mass is 10.0. The van der Waals surface area contributed by atoms with Crippen molar-refractivity contribution in [1.29, 1.82) is 0 Å². The smallest absolute Gasteiger partial charge is 0.409 e. The van der Waals surface area contributed by atoms with E-state index in [9.17, 15) is 4.79 Å². The lowest BCUT2D eigenvalue weighted by Crippen LogP contribution is -2.48. The molecule has 18 heavy (non-hydrogen) atoms. The number of hydrogen-bond acceptors (Lipinski definition) is 4. The third-order valence-electron chi connectivity index (χ3n) is 3.35. The largest absolute Gasteiger partial charge is 0.450 e. The van der Waals surface area contributed by atoms with Gasteiger partial charge in [-0.3, -0.25) is 0 Å². The number of carbonyl (C=O) groups excluding carboxylic acids is 1. The van der Waals surface area contributed by atoms with E-state index in [-0.39, 0.29) is 6.09 Å². The summed E-state index contributed by atoms with van der Waals surface area (Å²) in [6, 6.07) is 1.15. The predicted octanol–water partition coefficient (Wildman–Crippen LogP) is 2.34. The van der Waals surface area contributed by atoms with E-state index >= 15 is 0 Å². The summed E-state index contributed by atoms with van der Waals surface area (Å²) in [7, 11) is 0. The lowest BCUT2D eigenvalue weighted by molar-refractivity contribution is 0.0944. The number of rotatable bonds is 6. The first-order chi connectivity index (χ1) is 8.71. The van der Waals surface area contributed by atoms with Crippen LogP contribution in [0.2, 0.25) is 0 Å². The molecule has 1 rings (SSSR count). The molecule has 1 amide bonds. The second-order valence-corrected chi connectivity index (χ2v) is 5.60. The van der Waals surface area contributed by atoms with Crippen LogP contribution in [-0.4, -0.2) is 54.8 Å². The summed E-state index contributed by atoms with van der Waals surface area (Å²) in [6.45, 7) is 6.16.